The predicted octanol–water partition coefficient (Wildman–Crippen LogP) is 0.405. The summed E-state index contributed by atoms with van der Waals surface area (Å²) < 4.78 is 25.1. The molecule has 0 fully saturated rings. The first-order chi connectivity index (χ1) is 7.02. The SMILES string of the molecule is CCN(CC)S(=O)(=O)c1cccc(=O)[nH]1. The lowest BCUT2D eigenvalue weighted by Gasteiger charge is -2.17. The van der Waals surface area contributed by atoms with Crippen LogP contribution in [0.3, 0.4) is 0 Å². The molecule has 0 aliphatic heterocycles. The monoisotopic (exact) mass is 230 g/mol. The molecule has 0 atom stereocenters. The van der Waals surface area contributed by atoms with Crippen LogP contribution in [-0.2, 0) is 10.0 Å². The number of nitrogens with one attached hydrogen (secondary N) is 1. The summed E-state index contributed by atoms with van der Waals surface area (Å²) >= 11 is 0. The summed E-state index contributed by atoms with van der Waals surface area (Å²) in [6.45, 7) is 4.27. The molecule has 0 saturated heterocycles. The summed E-state index contributed by atoms with van der Waals surface area (Å²) in [6, 6.07) is 4.09. The molecule has 1 heterocycles. The first kappa shape index (κ1) is 11.9. The second-order valence-electron chi connectivity index (χ2n) is 2.97. The summed E-state index contributed by atoms with van der Waals surface area (Å²) in [5.41, 5.74) is -0.414. The van der Waals surface area contributed by atoms with Crippen molar-refractivity contribution in [3.05, 3.63) is 28.6 Å². The average Bonchev–Trinajstić information content (AvgIpc) is 2.19. The number of pyridine rings is 1. The van der Waals surface area contributed by atoms with E-state index in [1.807, 2.05) is 0 Å². The molecule has 84 valence electrons. The minimum absolute atomic E-state index is 0.0568. The van der Waals surface area contributed by atoms with Crippen LogP contribution in [0.2, 0.25) is 0 Å². The van der Waals surface area contributed by atoms with Crippen molar-refractivity contribution in [2.24, 2.45) is 0 Å². The zero-order valence-corrected chi connectivity index (χ0v) is 9.54. The smallest absolute Gasteiger partial charge is 0.258 e. The first-order valence-electron chi connectivity index (χ1n) is 4.71. The molecule has 0 radical (unpaired) electrons. The zero-order chi connectivity index (χ0) is 11.5. The fourth-order valence-electron chi connectivity index (χ4n) is 1.28. The average molecular weight is 230 g/mol. The molecule has 0 amide bonds. The third-order valence-corrected chi connectivity index (χ3v) is 4.06. The lowest BCUT2D eigenvalue weighted by Crippen LogP contribution is -2.32. The molecule has 0 aromatic carbocycles. The number of sulfonamides is 1. The molecule has 0 aliphatic carbocycles. The second kappa shape index (κ2) is 4.59. The maximum absolute atomic E-state index is 11.9. The number of rotatable bonds is 4. The standard InChI is InChI=1S/C9H14N2O3S/c1-3-11(4-2)15(13,14)9-7-5-6-8(12)10-9/h5-7H,3-4H2,1-2H3,(H,10,12). The Morgan fingerprint density at radius 2 is 1.87 bits per heavy atom. The fraction of sp³-hybridized carbons (Fsp3) is 0.444. The molecular weight excluding hydrogens is 216 g/mol. The Labute approximate surface area is 88.8 Å². The molecule has 0 bridgehead atoms. The highest BCUT2D eigenvalue weighted by Crippen LogP contribution is 2.10. The highest BCUT2D eigenvalue weighted by molar-refractivity contribution is 7.89. The van der Waals surface area contributed by atoms with Crippen LogP contribution in [0.1, 0.15) is 13.8 Å². The maximum atomic E-state index is 11.9. The second-order valence-corrected chi connectivity index (χ2v) is 4.87. The van der Waals surface area contributed by atoms with Gasteiger partial charge >= 0.3 is 0 Å². The van der Waals surface area contributed by atoms with Crippen LogP contribution in [0.5, 0.6) is 0 Å². The molecule has 1 rings (SSSR count). The van der Waals surface area contributed by atoms with E-state index in [1.165, 1.54) is 22.5 Å². The van der Waals surface area contributed by atoms with Crippen LogP contribution >= 0.6 is 0 Å². The van der Waals surface area contributed by atoms with E-state index in [-0.39, 0.29) is 5.03 Å². The summed E-state index contributed by atoms with van der Waals surface area (Å²) in [7, 11) is -3.55. The Morgan fingerprint density at radius 1 is 1.27 bits per heavy atom. The van der Waals surface area contributed by atoms with Gasteiger partial charge in [-0.3, -0.25) is 4.79 Å². The molecule has 0 aliphatic rings. The highest BCUT2D eigenvalue weighted by Gasteiger charge is 2.21. The van der Waals surface area contributed by atoms with Crippen LogP contribution in [0.25, 0.3) is 0 Å². The number of H-pyrrole nitrogens is 1. The van der Waals surface area contributed by atoms with E-state index in [2.05, 4.69) is 4.98 Å². The van der Waals surface area contributed by atoms with E-state index < -0.39 is 15.6 Å². The van der Waals surface area contributed by atoms with E-state index in [4.69, 9.17) is 0 Å². The van der Waals surface area contributed by atoms with Crippen molar-refractivity contribution in [2.75, 3.05) is 13.1 Å². The van der Waals surface area contributed by atoms with Gasteiger partial charge in [0.05, 0.1) is 0 Å². The van der Waals surface area contributed by atoms with E-state index in [9.17, 15) is 13.2 Å². The Balaban J connectivity index is 3.22. The van der Waals surface area contributed by atoms with Crippen molar-refractivity contribution >= 4 is 10.0 Å². The molecular formula is C9H14N2O3S. The quantitative estimate of drug-likeness (QED) is 0.814. The maximum Gasteiger partial charge on any atom is 0.258 e. The van der Waals surface area contributed by atoms with Crippen LogP contribution < -0.4 is 5.56 Å². The van der Waals surface area contributed by atoms with Crippen molar-refractivity contribution in [2.45, 2.75) is 18.9 Å². The Morgan fingerprint density at radius 3 is 2.33 bits per heavy atom. The molecule has 0 spiro atoms. The van der Waals surface area contributed by atoms with Gasteiger partial charge in [0.25, 0.3) is 10.0 Å². The molecule has 6 heteroatoms. The summed E-state index contributed by atoms with van der Waals surface area (Å²) in [5.74, 6) is 0. The van der Waals surface area contributed by atoms with Gasteiger partial charge in [-0.05, 0) is 6.07 Å². The number of nitrogens with zero attached hydrogens (tertiary/aromatic N) is 1. The topological polar surface area (TPSA) is 70.2 Å². The molecule has 15 heavy (non-hydrogen) atoms. The Kier molecular flexibility index (Phi) is 3.65. The Bertz CT molecular complexity index is 474. The molecule has 5 nitrogen and oxygen atoms in total. The minimum atomic E-state index is -3.55. The van der Waals surface area contributed by atoms with E-state index in [1.54, 1.807) is 13.8 Å². The normalized spacial score (nSPS) is 11.9. The van der Waals surface area contributed by atoms with Gasteiger partial charge in [-0.25, -0.2) is 8.42 Å². The number of aromatic amines is 1. The van der Waals surface area contributed by atoms with Gasteiger partial charge < -0.3 is 4.98 Å². The minimum Gasteiger partial charge on any atom is -0.312 e. The van der Waals surface area contributed by atoms with E-state index in [0.29, 0.717) is 13.1 Å². The molecule has 1 N–H and O–H groups in total. The van der Waals surface area contributed by atoms with Crippen molar-refractivity contribution in [1.29, 1.82) is 0 Å². The van der Waals surface area contributed by atoms with Crippen molar-refractivity contribution in [1.82, 2.24) is 9.29 Å². The van der Waals surface area contributed by atoms with Crippen LogP contribution in [-0.4, -0.2) is 30.8 Å². The molecule has 0 saturated carbocycles. The fourth-order valence-corrected chi connectivity index (χ4v) is 2.72. The molecule has 1 aromatic rings. The van der Waals surface area contributed by atoms with Gasteiger partial charge in [0.15, 0.2) is 5.03 Å². The zero-order valence-electron chi connectivity index (χ0n) is 8.73. The van der Waals surface area contributed by atoms with Gasteiger partial charge in [-0.2, -0.15) is 4.31 Å². The first-order valence-corrected chi connectivity index (χ1v) is 6.15. The third kappa shape index (κ3) is 2.45. The highest BCUT2D eigenvalue weighted by atomic mass is 32.2. The number of hydrogen-bond donors (Lipinski definition) is 1. The number of hydrogen-bond acceptors (Lipinski definition) is 3. The van der Waals surface area contributed by atoms with Gasteiger partial charge in [0, 0.05) is 19.2 Å². The molecule has 1 aromatic heterocycles. The summed E-state index contributed by atoms with van der Waals surface area (Å²) in [5, 5.41) is -0.0568. The largest absolute Gasteiger partial charge is 0.312 e. The van der Waals surface area contributed by atoms with Crippen molar-refractivity contribution < 1.29 is 8.42 Å². The lowest BCUT2D eigenvalue weighted by atomic mass is 10.5. The van der Waals surface area contributed by atoms with Gasteiger partial charge in [-0.1, -0.05) is 19.9 Å². The summed E-state index contributed by atoms with van der Waals surface area (Å²) in [4.78, 5) is 13.3. The Hall–Kier alpha value is -1.14. The predicted molar refractivity (Wildman–Crippen MR) is 57.2 cm³/mol. The third-order valence-electron chi connectivity index (χ3n) is 2.06. The van der Waals surface area contributed by atoms with Crippen LogP contribution in [0.4, 0.5) is 0 Å². The van der Waals surface area contributed by atoms with Crippen LogP contribution in [0.15, 0.2) is 28.0 Å². The van der Waals surface area contributed by atoms with Crippen molar-refractivity contribution in [3.8, 4) is 0 Å². The summed E-state index contributed by atoms with van der Waals surface area (Å²) in [6.07, 6.45) is 0. The molecule has 0 unspecified atom stereocenters. The van der Waals surface area contributed by atoms with Gasteiger partial charge in [-0.15, -0.1) is 0 Å². The van der Waals surface area contributed by atoms with Gasteiger partial charge in [0.1, 0.15) is 0 Å². The van der Waals surface area contributed by atoms with Gasteiger partial charge in [0.2, 0.25) is 5.56 Å². The van der Waals surface area contributed by atoms with E-state index >= 15 is 0 Å². The lowest BCUT2D eigenvalue weighted by molar-refractivity contribution is 0.442. The number of aromatic nitrogens is 1. The van der Waals surface area contributed by atoms with E-state index in [0.717, 1.165) is 0 Å². The van der Waals surface area contributed by atoms with Crippen molar-refractivity contribution in [3.63, 3.8) is 0 Å². The van der Waals surface area contributed by atoms with Crippen LogP contribution in [0, 0.1) is 0 Å².